The monoisotopic (exact) mass is 377 g/mol. The van der Waals surface area contributed by atoms with Crippen LogP contribution in [0.15, 0.2) is 24.3 Å². The van der Waals surface area contributed by atoms with Gasteiger partial charge in [0, 0.05) is 19.0 Å². The highest BCUT2D eigenvalue weighted by molar-refractivity contribution is 7.91. The van der Waals surface area contributed by atoms with Crippen LogP contribution in [0.2, 0.25) is 0 Å². The van der Waals surface area contributed by atoms with Crippen molar-refractivity contribution in [1.29, 1.82) is 0 Å². The zero-order valence-electron chi connectivity index (χ0n) is 15.5. The summed E-state index contributed by atoms with van der Waals surface area (Å²) in [6.45, 7) is 4.93. The average Bonchev–Trinajstić information content (AvgIpc) is 3.15. The van der Waals surface area contributed by atoms with Crippen LogP contribution in [-0.4, -0.2) is 52.9 Å². The molecule has 1 aliphatic rings. The number of benzene rings is 1. The van der Waals surface area contributed by atoms with Gasteiger partial charge in [0.1, 0.15) is 12.4 Å². The maximum Gasteiger partial charge on any atom is 0.242 e. The lowest BCUT2D eigenvalue weighted by Crippen LogP contribution is -2.43. The molecule has 1 amide bonds. The fourth-order valence-corrected chi connectivity index (χ4v) is 5.39. The molecular weight excluding hydrogens is 350 g/mol. The van der Waals surface area contributed by atoms with Crippen molar-refractivity contribution in [3.05, 3.63) is 30.1 Å². The number of aromatic nitrogens is 2. The summed E-state index contributed by atoms with van der Waals surface area (Å²) in [7, 11) is -3.02. The highest BCUT2D eigenvalue weighted by Gasteiger charge is 2.34. The third-order valence-electron chi connectivity index (χ3n) is 5.07. The van der Waals surface area contributed by atoms with E-state index in [1.807, 2.05) is 35.8 Å². The van der Waals surface area contributed by atoms with Crippen molar-refractivity contribution in [1.82, 2.24) is 14.5 Å². The molecule has 1 aromatic heterocycles. The topological polar surface area (TPSA) is 72.3 Å². The highest BCUT2D eigenvalue weighted by Crippen LogP contribution is 2.21. The van der Waals surface area contributed by atoms with Gasteiger partial charge in [-0.15, -0.1) is 0 Å². The molecule has 0 spiro atoms. The molecule has 26 heavy (non-hydrogen) atoms. The van der Waals surface area contributed by atoms with Gasteiger partial charge in [0.15, 0.2) is 9.84 Å². The number of para-hydroxylation sites is 2. The van der Waals surface area contributed by atoms with Crippen LogP contribution >= 0.6 is 0 Å². The minimum absolute atomic E-state index is 0.0154. The van der Waals surface area contributed by atoms with Gasteiger partial charge in [-0.1, -0.05) is 32.4 Å². The standard InChI is InChI=1S/C19H27N3O3S/c1-3-5-11-21(15-10-12-26(24,25)14-15)19(23)13-22-17-9-7-6-8-16(17)20-18(22)4-2/h6-9,15H,3-5,10-14H2,1-2H3. The molecule has 1 aromatic carbocycles. The molecule has 1 unspecified atom stereocenters. The molecule has 142 valence electrons. The first-order valence-corrected chi connectivity index (χ1v) is 11.2. The highest BCUT2D eigenvalue weighted by atomic mass is 32.2. The molecule has 0 radical (unpaired) electrons. The first-order chi connectivity index (χ1) is 12.4. The molecule has 2 aromatic rings. The van der Waals surface area contributed by atoms with Crippen LogP contribution in [0, 0.1) is 0 Å². The van der Waals surface area contributed by atoms with Crippen LogP contribution in [0.1, 0.15) is 38.9 Å². The number of carbonyl (C=O) groups excluding carboxylic acids is 1. The Balaban J connectivity index is 1.86. The zero-order valence-corrected chi connectivity index (χ0v) is 16.3. The number of unbranched alkanes of at least 4 members (excludes halogenated alkanes) is 1. The van der Waals surface area contributed by atoms with Crippen LogP contribution in [0.5, 0.6) is 0 Å². The smallest absolute Gasteiger partial charge is 0.242 e. The van der Waals surface area contributed by atoms with E-state index in [-0.39, 0.29) is 30.0 Å². The third kappa shape index (κ3) is 3.92. The summed E-state index contributed by atoms with van der Waals surface area (Å²) in [5, 5.41) is 0. The lowest BCUT2D eigenvalue weighted by Gasteiger charge is -2.28. The second-order valence-electron chi connectivity index (χ2n) is 6.95. The number of rotatable bonds is 7. The Kier molecular flexibility index (Phi) is 5.65. The van der Waals surface area contributed by atoms with Gasteiger partial charge < -0.3 is 9.47 Å². The first kappa shape index (κ1) is 18.9. The second kappa shape index (κ2) is 7.78. The number of nitrogens with zero attached hydrogens (tertiary/aromatic N) is 3. The van der Waals surface area contributed by atoms with E-state index in [0.717, 1.165) is 36.1 Å². The summed E-state index contributed by atoms with van der Waals surface area (Å²) in [5.41, 5.74) is 1.84. The SMILES string of the molecule is CCCCN(C(=O)Cn1c(CC)nc2ccccc21)C1CCS(=O)(=O)C1. The molecule has 3 rings (SSSR count). The number of aryl methyl sites for hydroxylation is 1. The minimum atomic E-state index is -3.02. The molecule has 0 N–H and O–H groups in total. The third-order valence-corrected chi connectivity index (χ3v) is 6.82. The van der Waals surface area contributed by atoms with E-state index >= 15 is 0 Å². The van der Waals surface area contributed by atoms with Crippen molar-refractivity contribution >= 4 is 26.8 Å². The molecule has 2 heterocycles. The molecule has 7 heteroatoms. The lowest BCUT2D eigenvalue weighted by atomic mass is 10.2. The van der Waals surface area contributed by atoms with Gasteiger partial charge in [0.05, 0.1) is 22.5 Å². The van der Waals surface area contributed by atoms with Crippen molar-refractivity contribution in [2.45, 2.75) is 52.1 Å². The van der Waals surface area contributed by atoms with Gasteiger partial charge in [0.25, 0.3) is 0 Å². The summed E-state index contributed by atoms with van der Waals surface area (Å²) < 4.78 is 25.7. The Hall–Kier alpha value is -1.89. The predicted octanol–water partition coefficient (Wildman–Crippen LogP) is 2.41. The quantitative estimate of drug-likeness (QED) is 0.743. The van der Waals surface area contributed by atoms with Gasteiger partial charge in [-0.3, -0.25) is 4.79 Å². The number of fused-ring (bicyclic) bond motifs is 1. The Morgan fingerprint density at radius 2 is 2.08 bits per heavy atom. The van der Waals surface area contributed by atoms with Gasteiger partial charge in [-0.2, -0.15) is 0 Å². The van der Waals surface area contributed by atoms with Crippen molar-refractivity contribution in [3.63, 3.8) is 0 Å². The maximum atomic E-state index is 13.1. The van der Waals surface area contributed by atoms with E-state index in [4.69, 9.17) is 0 Å². The minimum Gasteiger partial charge on any atom is -0.337 e. The first-order valence-electron chi connectivity index (χ1n) is 9.39. The number of sulfone groups is 1. The molecule has 0 bridgehead atoms. The lowest BCUT2D eigenvalue weighted by molar-refractivity contribution is -0.133. The number of carbonyl (C=O) groups is 1. The van der Waals surface area contributed by atoms with Gasteiger partial charge in [0.2, 0.25) is 5.91 Å². The van der Waals surface area contributed by atoms with Crippen LogP contribution in [0.3, 0.4) is 0 Å². The maximum absolute atomic E-state index is 13.1. The molecule has 0 aliphatic carbocycles. The zero-order chi connectivity index (χ0) is 18.7. The normalized spacial score (nSPS) is 19.1. The van der Waals surface area contributed by atoms with Crippen molar-refractivity contribution < 1.29 is 13.2 Å². The number of hydrogen-bond acceptors (Lipinski definition) is 4. The van der Waals surface area contributed by atoms with E-state index in [9.17, 15) is 13.2 Å². The molecule has 1 saturated heterocycles. The Labute approximate surface area is 155 Å². The molecular formula is C19H27N3O3S. The average molecular weight is 378 g/mol. The summed E-state index contributed by atoms with van der Waals surface area (Å²) in [6.07, 6.45) is 3.14. The Morgan fingerprint density at radius 1 is 1.31 bits per heavy atom. The second-order valence-corrected chi connectivity index (χ2v) is 9.18. The van der Waals surface area contributed by atoms with Crippen LogP contribution in [0.25, 0.3) is 11.0 Å². The summed E-state index contributed by atoms with van der Waals surface area (Å²) in [5.74, 6) is 1.14. The van der Waals surface area contributed by atoms with E-state index in [1.54, 1.807) is 4.90 Å². The molecule has 1 fully saturated rings. The van der Waals surface area contributed by atoms with Crippen molar-refractivity contribution in [2.24, 2.45) is 0 Å². The number of imidazole rings is 1. The molecule has 1 atom stereocenters. The van der Waals surface area contributed by atoms with E-state index < -0.39 is 9.84 Å². The van der Waals surface area contributed by atoms with Gasteiger partial charge >= 0.3 is 0 Å². The van der Waals surface area contributed by atoms with Crippen LogP contribution in [-0.2, 0) is 27.6 Å². The van der Waals surface area contributed by atoms with E-state index in [1.165, 1.54) is 0 Å². The fraction of sp³-hybridized carbons (Fsp3) is 0.579. The van der Waals surface area contributed by atoms with Gasteiger partial charge in [-0.25, -0.2) is 13.4 Å². The summed E-state index contributed by atoms with van der Waals surface area (Å²) in [4.78, 5) is 19.5. The van der Waals surface area contributed by atoms with E-state index in [2.05, 4.69) is 11.9 Å². The van der Waals surface area contributed by atoms with Gasteiger partial charge in [-0.05, 0) is 25.0 Å². The van der Waals surface area contributed by atoms with Crippen molar-refractivity contribution in [3.8, 4) is 0 Å². The number of hydrogen-bond donors (Lipinski definition) is 0. The Morgan fingerprint density at radius 3 is 2.73 bits per heavy atom. The van der Waals surface area contributed by atoms with Crippen LogP contribution in [0.4, 0.5) is 0 Å². The van der Waals surface area contributed by atoms with E-state index in [0.29, 0.717) is 13.0 Å². The largest absolute Gasteiger partial charge is 0.337 e. The Bertz CT molecular complexity index is 889. The van der Waals surface area contributed by atoms with Crippen LogP contribution < -0.4 is 0 Å². The number of amides is 1. The molecule has 1 aliphatic heterocycles. The summed E-state index contributed by atoms with van der Waals surface area (Å²) in [6, 6.07) is 7.62. The predicted molar refractivity (Wildman–Crippen MR) is 103 cm³/mol. The summed E-state index contributed by atoms with van der Waals surface area (Å²) >= 11 is 0. The molecule has 6 nitrogen and oxygen atoms in total. The van der Waals surface area contributed by atoms with Crippen molar-refractivity contribution in [2.75, 3.05) is 18.1 Å². The molecule has 0 saturated carbocycles. The fourth-order valence-electron chi connectivity index (χ4n) is 3.66.